The number of nitrogens with zero attached hydrogens (tertiary/aromatic N) is 2. The summed E-state index contributed by atoms with van der Waals surface area (Å²) in [5, 5.41) is 2.44. The topological polar surface area (TPSA) is 75.4 Å². The second kappa shape index (κ2) is 7.99. The molecule has 0 saturated carbocycles. The fourth-order valence-corrected chi connectivity index (χ4v) is 2.56. The van der Waals surface area contributed by atoms with E-state index >= 15 is 0 Å². The van der Waals surface area contributed by atoms with Crippen molar-refractivity contribution < 1.29 is 22.8 Å². The number of benzene rings is 2. The highest BCUT2D eigenvalue weighted by molar-refractivity contribution is 5.96. The summed E-state index contributed by atoms with van der Waals surface area (Å²) in [6.45, 7) is 0. The first-order chi connectivity index (χ1) is 13.4. The van der Waals surface area contributed by atoms with Gasteiger partial charge in [-0.15, -0.1) is 0 Å². The maximum Gasteiger partial charge on any atom is 0.274 e. The van der Waals surface area contributed by atoms with Crippen LogP contribution >= 0.6 is 0 Å². The third kappa shape index (κ3) is 4.06. The van der Waals surface area contributed by atoms with E-state index in [2.05, 4.69) is 10.3 Å². The summed E-state index contributed by atoms with van der Waals surface area (Å²) in [4.78, 5) is 30.4. The third-order valence-corrected chi connectivity index (χ3v) is 3.99. The Morgan fingerprint density at radius 3 is 2.46 bits per heavy atom. The van der Waals surface area contributed by atoms with Gasteiger partial charge >= 0.3 is 0 Å². The third-order valence-electron chi connectivity index (χ3n) is 3.99. The van der Waals surface area contributed by atoms with Crippen molar-refractivity contribution in [2.45, 2.75) is 6.04 Å². The first-order valence-corrected chi connectivity index (χ1v) is 8.34. The minimum absolute atomic E-state index is 0.0714. The number of hydrogen-bond donors (Lipinski definition) is 1. The highest BCUT2D eigenvalue weighted by Crippen LogP contribution is 2.22. The molecule has 0 spiro atoms. The molecule has 1 aromatic heterocycles. The molecular weight excluding hydrogens is 368 g/mol. The van der Waals surface area contributed by atoms with Gasteiger partial charge in [-0.25, -0.2) is 13.8 Å². The number of aromatic nitrogens is 1. The van der Waals surface area contributed by atoms with Gasteiger partial charge in [0.05, 0.1) is 0 Å². The summed E-state index contributed by atoms with van der Waals surface area (Å²) in [7, 11) is 2.93. The lowest BCUT2D eigenvalue weighted by molar-refractivity contribution is -0.130. The van der Waals surface area contributed by atoms with Gasteiger partial charge in [0, 0.05) is 31.3 Å². The SMILES string of the molecule is CN(C)C(=O)C(NC(=O)c1coc(-c2ccccc2)n1)c1ccc(F)cc1F. The normalized spacial score (nSPS) is 11.7. The zero-order valence-corrected chi connectivity index (χ0v) is 15.1. The number of halogens is 2. The zero-order chi connectivity index (χ0) is 20.3. The second-order valence-corrected chi connectivity index (χ2v) is 6.21. The minimum atomic E-state index is -1.35. The monoisotopic (exact) mass is 385 g/mol. The van der Waals surface area contributed by atoms with E-state index < -0.39 is 29.5 Å². The molecule has 0 aliphatic carbocycles. The molecule has 1 atom stereocenters. The molecule has 0 bridgehead atoms. The quantitative estimate of drug-likeness (QED) is 0.732. The van der Waals surface area contributed by atoms with Crippen LogP contribution < -0.4 is 5.32 Å². The molecule has 0 aliphatic heterocycles. The average Bonchev–Trinajstić information content (AvgIpc) is 3.17. The summed E-state index contributed by atoms with van der Waals surface area (Å²) in [6, 6.07) is 10.4. The Morgan fingerprint density at radius 1 is 1.11 bits per heavy atom. The van der Waals surface area contributed by atoms with Gasteiger partial charge < -0.3 is 14.6 Å². The van der Waals surface area contributed by atoms with Crippen molar-refractivity contribution in [3.05, 3.63) is 77.7 Å². The largest absolute Gasteiger partial charge is 0.444 e. The van der Waals surface area contributed by atoms with Crippen LogP contribution in [0, 0.1) is 11.6 Å². The van der Waals surface area contributed by atoms with Gasteiger partial charge in [0.15, 0.2) is 5.69 Å². The standard InChI is InChI=1S/C20H17F2N3O3/c1-25(2)20(27)17(14-9-8-13(21)10-15(14)22)24-18(26)16-11-28-19(23-16)12-6-4-3-5-7-12/h3-11,17H,1-2H3,(H,24,26). The van der Waals surface area contributed by atoms with Crippen LogP contribution in [0.15, 0.2) is 59.2 Å². The average molecular weight is 385 g/mol. The van der Waals surface area contributed by atoms with Gasteiger partial charge in [-0.05, 0) is 18.2 Å². The van der Waals surface area contributed by atoms with Crippen LogP contribution in [0.2, 0.25) is 0 Å². The van der Waals surface area contributed by atoms with Crippen molar-refractivity contribution >= 4 is 11.8 Å². The molecule has 0 aliphatic rings. The highest BCUT2D eigenvalue weighted by Gasteiger charge is 2.28. The van der Waals surface area contributed by atoms with Crippen molar-refractivity contribution in [3.63, 3.8) is 0 Å². The number of hydrogen-bond acceptors (Lipinski definition) is 4. The molecule has 1 unspecified atom stereocenters. The van der Waals surface area contributed by atoms with Crippen LogP contribution in [0.5, 0.6) is 0 Å². The smallest absolute Gasteiger partial charge is 0.274 e. The van der Waals surface area contributed by atoms with E-state index in [1.54, 1.807) is 24.3 Å². The van der Waals surface area contributed by atoms with Crippen molar-refractivity contribution in [3.8, 4) is 11.5 Å². The van der Waals surface area contributed by atoms with Crippen molar-refractivity contribution in [2.75, 3.05) is 14.1 Å². The number of nitrogens with one attached hydrogen (secondary N) is 1. The van der Waals surface area contributed by atoms with E-state index in [-0.39, 0.29) is 17.1 Å². The first kappa shape index (κ1) is 19.2. The fraction of sp³-hybridized carbons (Fsp3) is 0.150. The van der Waals surface area contributed by atoms with Gasteiger partial charge in [-0.3, -0.25) is 9.59 Å². The van der Waals surface area contributed by atoms with Gasteiger partial charge in [-0.1, -0.05) is 24.3 Å². The van der Waals surface area contributed by atoms with E-state index in [4.69, 9.17) is 4.42 Å². The van der Waals surface area contributed by atoms with Gasteiger partial charge in [0.2, 0.25) is 11.8 Å². The molecule has 3 rings (SSSR count). The number of rotatable bonds is 5. The lowest BCUT2D eigenvalue weighted by Gasteiger charge is -2.22. The molecule has 0 saturated heterocycles. The lowest BCUT2D eigenvalue weighted by Crippen LogP contribution is -2.40. The van der Waals surface area contributed by atoms with Gasteiger partial charge in [0.1, 0.15) is 23.9 Å². The van der Waals surface area contributed by atoms with Crippen LogP contribution in [0.25, 0.3) is 11.5 Å². The minimum Gasteiger partial charge on any atom is -0.444 e. The Morgan fingerprint density at radius 2 is 1.82 bits per heavy atom. The Labute approximate surface area is 159 Å². The molecule has 8 heteroatoms. The predicted octanol–water partition coefficient (Wildman–Crippen LogP) is 3.18. The van der Waals surface area contributed by atoms with E-state index in [0.717, 1.165) is 18.4 Å². The molecule has 144 valence electrons. The molecule has 6 nitrogen and oxygen atoms in total. The molecule has 1 N–H and O–H groups in total. The summed E-state index contributed by atoms with van der Waals surface area (Å²) >= 11 is 0. The number of likely N-dealkylation sites (N-methyl/N-ethyl adjacent to an activating group) is 1. The molecular formula is C20H17F2N3O3. The summed E-state index contributed by atoms with van der Waals surface area (Å²) < 4.78 is 32.7. The second-order valence-electron chi connectivity index (χ2n) is 6.21. The highest BCUT2D eigenvalue weighted by atomic mass is 19.1. The van der Waals surface area contributed by atoms with E-state index in [1.165, 1.54) is 19.0 Å². The number of carbonyl (C=O) groups excluding carboxylic acids is 2. The molecule has 28 heavy (non-hydrogen) atoms. The fourth-order valence-electron chi connectivity index (χ4n) is 2.56. The Hall–Kier alpha value is -3.55. The zero-order valence-electron chi connectivity index (χ0n) is 15.1. The Kier molecular flexibility index (Phi) is 5.49. The van der Waals surface area contributed by atoms with Crippen LogP contribution in [0.1, 0.15) is 22.1 Å². The summed E-state index contributed by atoms with van der Waals surface area (Å²) in [6.07, 6.45) is 1.15. The predicted molar refractivity (Wildman–Crippen MR) is 97.2 cm³/mol. The number of amides is 2. The van der Waals surface area contributed by atoms with Crippen LogP contribution in [-0.4, -0.2) is 35.8 Å². The molecule has 1 heterocycles. The van der Waals surface area contributed by atoms with E-state index in [0.29, 0.717) is 11.6 Å². The number of oxazole rings is 1. The Bertz CT molecular complexity index is 1000. The molecule has 2 amide bonds. The van der Waals surface area contributed by atoms with E-state index in [9.17, 15) is 18.4 Å². The lowest BCUT2D eigenvalue weighted by atomic mass is 10.0. The maximum absolute atomic E-state index is 14.2. The van der Waals surface area contributed by atoms with Crippen LogP contribution in [0.3, 0.4) is 0 Å². The number of carbonyl (C=O) groups is 2. The van der Waals surface area contributed by atoms with Crippen molar-refractivity contribution in [1.29, 1.82) is 0 Å². The first-order valence-electron chi connectivity index (χ1n) is 8.34. The van der Waals surface area contributed by atoms with Crippen molar-refractivity contribution in [2.24, 2.45) is 0 Å². The maximum atomic E-state index is 14.2. The summed E-state index contributed by atoms with van der Waals surface area (Å²) in [5.41, 5.74) is 0.449. The molecule has 2 aromatic carbocycles. The Balaban J connectivity index is 1.88. The van der Waals surface area contributed by atoms with Gasteiger partial charge in [-0.2, -0.15) is 0 Å². The van der Waals surface area contributed by atoms with Crippen molar-refractivity contribution in [1.82, 2.24) is 15.2 Å². The van der Waals surface area contributed by atoms with Crippen LogP contribution in [0.4, 0.5) is 8.78 Å². The van der Waals surface area contributed by atoms with Gasteiger partial charge in [0.25, 0.3) is 5.91 Å². The summed E-state index contributed by atoms with van der Waals surface area (Å²) in [5.74, 6) is -2.80. The van der Waals surface area contributed by atoms with Crippen LogP contribution in [-0.2, 0) is 4.79 Å². The molecule has 0 radical (unpaired) electrons. The van der Waals surface area contributed by atoms with E-state index in [1.807, 2.05) is 6.07 Å². The molecule has 3 aromatic rings. The molecule has 0 fully saturated rings.